The number of amides is 1. The van der Waals surface area contributed by atoms with Crippen LogP contribution in [0.25, 0.3) is 0 Å². The Morgan fingerprint density at radius 1 is 1.38 bits per heavy atom. The summed E-state index contributed by atoms with van der Waals surface area (Å²) in [5.41, 5.74) is 0. The number of carbonyl (C=O) groups is 1. The fourth-order valence-corrected chi connectivity index (χ4v) is 1.86. The Morgan fingerprint density at radius 2 is 2.00 bits per heavy atom. The van der Waals surface area contributed by atoms with Crippen LogP contribution in [-0.4, -0.2) is 46.4 Å². The smallest absolute Gasteiger partial charge is 0.232 e. The first-order valence-electron chi connectivity index (χ1n) is 5.65. The molecule has 0 aliphatic rings. The van der Waals surface area contributed by atoms with E-state index in [0.29, 0.717) is 18.2 Å². The lowest BCUT2D eigenvalue weighted by Crippen LogP contribution is -2.33. The van der Waals surface area contributed by atoms with Gasteiger partial charge in [-0.25, -0.2) is 0 Å². The minimum Gasteiger partial charge on any atom is -0.394 e. The monoisotopic (exact) mass is 249 g/mol. The fraction of sp³-hybridized carbons (Fsp3) is 0.909. The minimum absolute atomic E-state index is 0.00390. The minimum atomic E-state index is -0.740. The molecule has 0 bridgehead atoms. The molecule has 0 fully saturated rings. The van der Waals surface area contributed by atoms with Gasteiger partial charge in [0.2, 0.25) is 5.91 Å². The molecule has 0 aromatic carbocycles. The van der Waals surface area contributed by atoms with Gasteiger partial charge < -0.3 is 15.5 Å². The molecule has 0 aliphatic heterocycles. The Labute approximate surface area is 102 Å². The van der Waals surface area contributed by atoms with Crippen molar-refractivity contribution in [2.24, 2.45) is 5.92 Å². The van der Waals surface area contributed by atoms with Gasteiger partial charge in [0, 0.05) is 12.3 Å². The maximum Gasteiger partial charge on any atom is 0.232 e. The zero-order chi connectivity index (χ0) is 12.6. The number of carbonyl (C=O) groups excluding carboxylic acids is 1. The molecule has 2 unspecified atom stereocenters. The van der Waals surface area contributed by atoms with Crippen LogP contribution in [0.2, 0.25) is 0 Å². The third-order valence-electron chi connectivity index (χ3n) is 2.14. The summed E-state index contributed by atoms with van der Waals surface area (Å²) in [5, 5.41) is 20.4. The van der Waals surface area contributed by atoms with Gasteiger partial charge in [-0.05, 0) is 19.3 Å². The van der Waals surface area contributed by atoms with E-state index >= 15 is 0 Å². The number of aliphatic hydroxyl groups excluding tert-OH is 2. The maximum absolute atomic E-state index is 11.5. The molecule has 0 heterocycles. The summed E-state index contributed by atoms with van der Waals surface area (Å²) < 4.78 is 0. The molecule has 4 nitrogen and oxygen atoms in total. The topological polar surface area (TPSA) is 69.6 Å². The average Bonchev–Trinajstić information content (AvgIpc) is 2.24. The van der Waals surface area contributed by atoms with E-state index in [2.05, 4.69) is 19.2 Å². The SMILES string of the molecule is CC(C)CCNC(=O)C(C)SCC(O)CO. The number of hydrogen-bond donors (Lipinski definition) is 3. The Morgan fingerprint density at radius 3 is 2.50 bits per heavy atom. The van der Waals surface area contributed by atoms with Crippen LogP contribution in [0.4, 0.5) is 0 Å². The van der Waals surface area contributed by atoms with Crippen LogP contribution in [0, 0.1) is 5.92 Å². The summed E-state index contributed by atoms with van der Waals surface area (Å²) in [6.07, 6.45) is 0.235. The van der Waals surface area contributed by atoms with E-state index in [0.717, 1.165) is 6.42 Å². The van der Waals surface area contributed by atoms with Crippen molar-refractivity contribution in [2.45, 2.75) is 38.5 Å². The molecule has 1 amide bonds. The summed E-state index contributed by atoms with van der Waals surface area (Å²) in [4.78, 5) is 11.5. The second-order valence-corrected chi connectivity index (χ2v) is 5.66. The van der Waals surface area contributed by atoms with Crippen molar-refractivity contribution in [3.05, 3.63) is 0 Å². The van der Waals surface area contributed by atoms with Crippen LogP contribution in [0.1, 0.15) is 27.2 Å². The number of hydrogen-bond acceptors (Lipinski definition) is 4. The van der Waals surface area contributed by atoms with Crippen molar-refractivity contribution in [3.8, 4) is 0 Å². The van der Waals surface area contributed by atoms with Gasteiger partial charge in [0.1, 0.15) is 0 Å². The van der Waals surface area contributed by atoms with Crippen LogP contribution in [0.3, 0.4) is 0 Å². The van der Waals surface area contributed by atoms with E-state index in [4.69, 9.17) is 10.2 Å². The van der Waals surface area contributed by atoms with Crippen LogP contribution in [-0.2, 0) is 4.79 Å². The molecular weight excluding hydrogens is 226 g/mol. The highest BCUT2D eigenvalue weighted by Crippen LogP contribution is 2.11. The quantitative estimate of drug-likeness (QED) is 0.590. The predicted molar refractivity (Wildman–Crippen MR) is 67.5 cm³/mol. The van der Waals surface area contributed by atoms with Crippen molar-refractivity contribution in [1.82, 2.24) is 5.32 Å². The van der Waals surface area contributed by atoms with Crippen molar-refractivity contribution in [1.29, 1.82) is 0 Å². The standard InChI is InChI=1S/C11H23NO3S/c1-8(2)4-5-12-11(15)9(3)16-7-10(14)6-13/h8-10,13-14H,4-7H2,1-3H3,(H,12,15). The summed E-state index contributed by atoms with van der Waals surface area (Å²) in [6.45, 7) is 6.47. The lowest BCUT2D eigenvalue weighted by atomic mass is 10.1. The molecule has 0 saturated heterocycles. The number of aliphatic hydroxyl groups is 2. The summed E-state index contributed by atoms with van der Waals surface area (Å²) >= 11 is 1.35. The normalized spacial score (nSPS) is 14.9. The van der Waals surface area contributed by atoms with Gasteiger partial charge >= 0.3 is 0 Å². The molecule has 0 spiro atoms. The highest BCUT2D eigenvalue weighted by atomic mass is 32.2. The third kappa shape index (κ3) is 7.96. The Hall–Kier alpha value is -0.260. The van der Waals surface area contributed by atoms with Crippen molar-refractivity contribution >= 4 is 17.7 Å². The average molecular weight is 249 g/mol. The second-order valence-electron chi connectivity index (χ2n) is 4.29. The van der Waals surface area contributed by atoms with Gasteiger partial charge in [-0.3, -0.25) is 4.79 Å². The first kappa shape index (κ1) is 15.7. The Bertz CT molecular complexity index is 200. The molecule has 0 aromatic heterocycles. The van der Waals surface area contributed by atoms with Crippen LogP contribution >= 0.6 is 11.8 Å². The first-order valence-corrected chi connectivity index (χ1v) is 6.70. The first-order chi connectivity index (χ1) is 7.47. The lowest BCUT2D eigenvalue weighted by Gasteiger charge is -2.14. The van der Waals surface area contributed by atoms with Gasteiger partial charge in [-0.15, -0.1) is 11.8 Å². The summed E-state index contributed by atoms with van der Waals surface area (Å²) in [5.74, 6) is 0.963. The molecule has 0 radical (unpaired) electrons. The summed E-state index contributed by atoms with van der Waals surface area (Å²) in [7, 11) is 0. The molecular formula is C11H23NO3S. The number of nitrogens with one attached hydrogen (secondary N) is 1. The molecule has 2 atom stereocenters. The van der Waals surface area contributed by atoms with E-state index < -0.39 is 6.10 Å². The molecule has 5 heteroatoms. The number of rotatable bonds is 8. The second kappa shape index (κ2) is 8.84. The van der Waals surface area contributed by atoms with Crippen molar-refractivity contribution in [3.63, 3.8) is 0 Å². The fourth-order valence-electron chi connectivity index (χ4n) is 1.01. The Balaban J connectivity index is 3.65. The van der Waals surface area contributed by atoms with Gasteiger partial charge in [0.25, 0.3) is 0 Å². The maximum atomic E-state index is 11.5. The van der Waals surface area contributed by atoms with Gasteiger partial charge in [-0.2, -0.15) is 0 Å². The van der Waals surface area contributed by atoms with E-state index in [-0.39, 0.29) is 17.8 Å². The zero-order valence-electron chi connectivity index (χ0n) is 10.3. The van der Waals surface area contributed by atoms with Gasteiger partial charge in [0.05, 0.1) is 18.0 Å². The number of thioether (sulfide) groups is 1. The van der Waals surface area contributed by atoms with E-state index in [1.54, 1.807) is 6.92 Å². The van der Waals surface area contributed by atoms with E-state index in [9.17, 15) is 4.79 Å². The molecule has 0 rings (SSSR count). The van der Waals surface area contributed by atoms with Crippen LogP contribution in [0.5, 0.6) is 0 Å². The molecule has 3 N–H and O–H groups in total. The van der Waals surface area contributed by atoms with E-state index in [1.165, 1.54) is 11.8 Å². The predicted octanol–water partition coefficient (Wildman–Crippen LogP) is 0.624. The van der Waals surface area contributed by atoms with Crippen molar-refractivity contribution < 1.29 is 15.0 Å². The zero-order valence-corrected chi connectivity index (χ0v) is 11.1. The molecule has 96 valence electrons. The van der Waals surface area contributed by atoms with Crippen molar-refractivity contribution in [2.75, 3.05) is 18.9 Å². The Kier molecular flexibility index (Phi) is 8.70. The van der Waals surface area contributed by atoms with Gasteiger partial charge in [-0.1, -0.05) is 13.8 Å². The highest BCUT2D eigenvalue weighted by molar-refractivity contribution is 8.00. The largest absolute Gasteiger partial charge is 0.394 e. The van der Waals surface area contributed by atoms with Crippen LogP contribution < -0.4 is 5.32 Å². The lowest BCUT2D eigenvalue weighted by molar-refractivity contribution is -0.120. The molecule has 0 saturated carbocycles. The third-order valence-corrected chi connectivity index (χ3v) is 3.43. The van der Waals surface area contributed by atoms with E-state index in [1.807, 2.05) is 0 Å². The molecule has 0 aliphatic carbocycles. The molecule has 0 aromatic rings. The summed E-state index contributed by atoms with van der Waals surface area (Å²) in [6, 6.07) is 0. The van der Waals surface area contributed by atoms with Crippen LogP contribution in [0.15, 0.2) is 0 Å². The molecule has 16 heavy (non-hydrogen) atoms. The highest BCUT2D eigenvalue weighted by Gasteiger charge is 2.14. The van der Waals surface area contributed by atoms with Gasteiger partial charge in [0.15, 0.2) is 0 Å².